The number of fused-ring (bicyclic) bond motifs is 1. The molecule has 3 heterocycles. The first kappa shape index (κ1) is 23.6. The fraction of sp³-hybridized carbons (Fsp3) is 0.500. The van der Waals surface area contributed by atoms with Gasteiger partial charge in [0.1, 0.15) is 6.04 Å². The fourth-order valence-electron chi connectivity index (χ4n) is 4.27. The molecule has 3 aliphatic rings. The number of hydrogen-bond donors (Lipinski definition) is 3. The Hall–Kier alpha value is -3.51. The molecule has 182 valence electrons. The number of hydrogen-bond acceptors (Lipinski definition) is 8. The van der Waals surface area contributed by atoms with E-state index in [0.717, 1.165) is 4.90 Å². The number of amides is 5. The summed E-state index contributed by atoms with van der Waals surface area (Å²) in [5.41, 5.74) is 0.911. The molecule has 12 nitrogen and oxygen atoms in total. The van der Waals surface area contributed by atoms with Crippen LogP contribution in [0, 0.1) is 0 Å². The lowest BCUT2D eigenvalue weighted by Gasteiger charge is -2.30. The Morgan fingerprint density at radius 3 is 2.82 bits per heavy atom. The van der Waals surface area contributed by atoms with Crippen LogP contribution < -0.4 is 10.6 Å². The lowest BCUT2D eigenvalue weighted by atomic mass is 10.0. The van der Waals surface area contributed by atoms with Gasteiger partial charge in [-0.25, -0.2) is 4.79 Å². The van der Waals surface area contributed by atoms with Gasteiger partial charge in [-0.05, 0) is 25.0 Å². The molecule has 0 radical (unpaired) electrons. The SMILES string of the molecule is O=C1CCC(N2C(=O)c3cccc(NCCCOC[C@H]4CN(C(=O)O)CCO4)c3C2=O)C(=O)N1. The number of anilines is 1. The van der Waals surface area contributed by atoms with Gasteiger partial charge in [-0.1, -0.05) is 6.07 Å². The van der Waals surface area contributed by atoms with Gasteiger partial charge >= 0.3 is 6.09 Å². The van der Waals surface area contributed by atoms with Crippen LogP contribution in [0.15, 0.2) is 18.2 Å². The molecule has 3 aliphatic heterocycles. The molecule has 12 heteroatoms. The van der Waals surface area contributed by atoms with E-state index in [1.165, 1.54) is 4.90 Å². The molecule has 1 aromatic rings. The third kappa shape index (κ3) is 4.87. The Labute approximate surface area is 195 Å². The second-order valence-electron chi connectivity index (χ2n) is 8.25. The average Bonchev–Trinajstić information content (AvgIpc) is 3.07. The lowest BCUT2D eigenvalue weighted by molar-refractivity contribution is -0.136. The van der Waals surface area contributed by atoms with Crippen LogP contribution in [0.1, 0.15) is 40.0 Å². The molecule has 0 spiro atoms. The molecule has 5 amide bonds. The van der Waals surface area contributed by atoms with E-state index >= 15 is 0 Å². The molecule has 2 saturated heterocycles. The summed E-state index contributed by atoms with van der Waals surface area (Å²) in [6, 6.07) is 3.88. The van der Waals surface area contributed by atoms with Crippen molar-refractivity contribution in [3.63, 3.8) is 0 Å². The topological polar surface area (TPSA) is 155 Å². The second-order valence-corrected chi connectivity index (χ2v) is 8.25. The number of morpholine rings is 1. The predicted octanol–water partition coefficient (Wildman–Crippen LogP) is 0.285. The minimum Gasteiger partial charge on any atom is -0.465 e. The quantitative estimate of drug-likeness (QED) is 0.356. The molecule has 0 aromatic heterocycles. The third-order valence-electron chi connectivity index (χ3n) is 5.96. The van der Waals surface area contributed by atoms with Crippen LogP contribution in [-0.4, -0.2) is 96.2 Å². The van der Waals surface area contributed by atoms with Crippen LogP contribution >= 0.6 is 0 Å². The van der Waals surface area contributed by atoms with E-state index in [2.05, 4.69) is 10.6 Å². The maximum absolute atomic E-state index is 13.1. The fourth-order valence-corrected chi connectivity index (χ4v) is 4.27. The minimum atomic E-state index is -1.01. The van der Waals surface area contributed by atoms with Crippen LogP contribution in [0.4, 0.5) is 10.5 Å². The first-order chi connectivity index (χ1) is 16.4. The van der Waals surface area contributed by atoms with Gasteiger partial charge in [0, 0.05) is 31.8 Å². The summed E-state index contributed by atoms with van der Waals surface area (Å²) < 4.78 is 11.1. The highest BCUT2D eigenvalue weighted by atomic mass is 16.5. The molecule has 0 aliphatic carbocycles. The monoisotopic (exact) mass is 474 g/mol. The lowest BCUT2D eigenvalue weighted by Crippen LogP contribution is -2.54. The number of nitrogens with one attached hydrogen (secondary N) is 2. The number of nitrogens with zero attached hydrogens (tertiary/aromatic N) is 2. The molecule has 2 atom stereocenters. The summed E-state index contributed by atoms with van der Waals surface area (Å²) in [5.74, 6) is -2.18. The molecule has 1 unspecified atom stereocenters. The second kappa shape index (κ2) is 10.2. The minimum absolute atomic E-state index is 0.0646. The van der Waals surface area contributed by atoms with Crippen molar-refractivity contribution in [1.29, 1.82) is 0 Å². The first-order valence-electron chi connectivity index (χ1n) is 11.1. The number of carbonyl (C=O) groups excluding carboxylic acids is 4. The van der Waals surface area contributed by atoms with Crippen molar-refractivity contribution < 1.29 is 38.6 Å². The van der Waals surface area contributed by atoms with Crippen molar-refractivity contribution >= 4 is 35.4 Å². The number of imide groups is 2. The van der Waals surface area contributed by atoms with Gasteiger partial charge in [0.05, 0.1) is 37.0 Å². The van der Waals surface area contributed by atoms with Crippen LogP contribution in [-0.2, 0) is 19.1 Å². The zero-order chi connectivity index (χ0) is 24.2. The smallest absolute Gasteiger partial charge is 0.407 e. The Kier molecular flexibility index (Phi) is 7.08. The van der Waals surface area contributed by atoms with Crippen molar-refractivity contribution in [2.24, 2.45) is 0 Å². The average molecular weight is 474 g/mol. The summed E-state index contributed by atoms with van der Waals surface area (Å²) in [6.07, 6.45) is -0.521. The van der Waals surface area contributed by atoms with Crippen molar-refractivity contribution in [1.82, 2.24) is 15.1 Å². The van der Waals surface area contributed by atoms with Crippen molar-refractivity contribution in [3.05, 3.63) is 29.3 Å². The molecular weight excluding hydrogens is 448 g/mol. The van der Waals surface area contributed by atoms with Gasteiger partial charge in [-0.3, -0.25) is 29.4 Å². The first-order valence-corrected chi connectivity index (χ1v) is 11.1. The standard InChI is InChI=1S/C22H26N4O8/c27-17-6-5-16(19(28)24-17)26-20(29)14-3-1-4-15(18(14)21(26)30)23-7-2-9-33-12-13-11-25(22(31)32)8-10-34-13/h1,3-4,13,16,23H,2,5-12H2,(H,31,32)(H,24,27,28)/t13-,16?/m1/s1. The van der Waals surface area contributed by atoms with E-state index in [0.29, 0.717) is 38.4 Å². The molecule has 0 saturated carbocycles. The van der Waals surface area contributed by atoms with Gasteiger partial charge in [0.2, 0.25) is 11.8 Å². The maximum Gasteiger partial charge on any atom is 0.407 e. The van der Waals surface area contributed by atoms with Crippen LogP contribution in [0.3, 0.4) is 0 Å². The van der Waals surface area contributed by atoms with Crippen molar-refractivity contribution in [3.8, 4) is 0 Å². The van der Waals surface area contributed by atoms with E-state index in [1.54, 1.807) is 18.2 Å². The summed E-state index contributed by atoms with van der Waals surface area (Å²) >= 11 is 0. The maximum atomic E-state index is 13.1. The Morgan fingerprint density at radius 2 is 2.06 bits per heavy atom. The Balaban J connectivity index is 1.28. The molecule has 0 bridgehead atoms. The molecule has 4 rings (SSSR count). The number of carbonyl (C=O) groups is 5. The molecular formula is C22H26N4O8. The summed E-state index contributed by atoms with van der Waals surface area (Å²) in [6.45, 7) is 2.08. The number of ether oxygens (including phenoxy) is 2. The summed E-state index contributed by atoms with van der Waals surface area (Å²) in [7, 11) is 0. The predicted molar refractivity (Wildman–Crippen MR) is 116 cm³/mol. The number of piperidine rings is 1. The van der Waals surface area contributed by atoms with Gasteiger partial charge in [0.25, 0.3) is 11.8 Å². The van der Waals surface area contributed by atoms with Crippen LogP contribution in [0.5, 0.6) is 0 Å². The largest absolute Gasteiger partial charge is 0.465 e. The number of carboxylic acid groups (broad SMARTS) is 1. The van der Waals surface area contributed by atoms with Crippen LogP contribution in [0.2, 0.25) is 0 Å². The molecule has 1 aromatic carbocycles. The third-order valence-corrected chi connectivity index (χ3v) is 5.96. The zero-order valence-electron chi connectivity index (χ0n) is 18.5. The van der Waals surface area contributed by atoms with Gasteiger partial charge in [-0.15, -0.1) is 0 Å². The van der Waals surface area contributed by atoms with Crippen molar-refractivity contribution in [2.75, 3.05) is 44.8 Å². The van der Waals surface area contributed by atoms with E-state index < -0.39 is 35.8 Å². The van der Waals surface area contributed by atoms with Crippen LogP contribution in [0.25, 0.3) is 0 Å². The number of rotatable bonds is 8. The van der Waals surface area contributed by atoms with Gasteiger partial charge < -0.3 is 24.8 Å². The van der Waals surface area contributed by atoms with E-state index in [-0.39, 0.29) is 43.2 Å². The highest BCUT2D eigenvalue weighted by Crippen LogP contribution is 2.32. The normalized spacial score (nSPS) is 22.6. The van der Waals surface area contributed by atoms with Gasteiger partial charge in [-0.2, -0.15) is 0 Å². The van der Waals surface area contributed by atoms with Gasteiger partial charge in [0.15, 0.2) is 0 Å². The molecule has 3 N–H and O–H groups in total. The Bertz CT molecular complexity index is 1010. The number of benzene rings is 1. The highest BCUT2D eigenvalue weighted by Gasteiger charge is 2.45. The van der Waals surface area contributed by atoms with E-state index in [1.807, 2.05) is 0 Å². The molecule has 34 heavy (non-hydrogen) atoms. The molecule has 2 fully saturated rings. The summed E-state index contributed by atoms with van der Waals surface area (Å²) in [4.78, 5) is 62.8. The Morgan fingerprint density at radius 1 is 1.24 bits per heavy atom. The van der Waals surface area contributed by atoms with Crippen molar-refractivity contribution in [2.45, 2.75) is 31.4 Å². The summed E-state index contributed by atoms with van der Waals surface area (Å²) in [5, 5.41) is 14.4. The van der Waals surface area contributed by atoms with E-state index in [9.17, 15) is 24.0 Å². The zero-order valence-corrected chi connectivity index (χ0v) is 18.5. The highest BCUT2D eigenvalue weighted by molar-refractivity contribution is 6.25. The van der Waals surface area contributed by atoms with E-state index in [4.69, 9.17) is 14.6 Å².